The predicted molar refractivity (Wildman–Crippen MR) is 67.6 cm³/mol. The SMILES string of the molecule is CC(C)NCC(CCOCC(F)(F)F)C(C)(C)C. The van der Waals surface area contributed by atoms with Gasteiger partial charge in [0.1, 0.15) is 6.61 Å². The van der Waals surface area contributed by atoms with Crippen LogP contribution in [0, 0.1) is 11.3 Å². The van der Waals surface area contributed by atoms with E-state index < -0.39 is 12.8 Å². The quantitative estimate of drug-likeness (QED) is 0.713. The van der Waals surface area contributed by atoms with Crippen LogP contribution in [0.5, 0.6) is 0 Å². The third-order valence-corrected chi connectivity index (χ3v) is 2.87. The highest BCUT2D eigenvalue weighted by molar-refractivity contribution is 4.76. The van der Waals surface area contributed by atoms with Gasteiger partial charge in [0.15, 0.2) is 0 Å². The van der Waals surface area contributed by atoms with Gasteiger partial charge in [0.2, 0.25) is 0 Å². The smallest absolute Gasteiger partial charge is 0.372 e. The molecule has 0 aliphatic carbocycles. The van der Waals surface area contributed by atoms with Crippen LogP contribution in [0.1, 0.15) is 41.0 Å². The Bertz CT molecular complexity index is 221. The van der Waals surface area contributed by atoms with Crippen molar-refractivity contribution in [2.24, 2.45) is 11.3 Å². The first-order valence-corrected chi connectivity index (χ1v) is 6.40. The minimum absolute atomic E-state index is 0.0590. The first-order chi connectivity index (χ1) is 8.02. The molecule has 0 aromatic heterocycles. The van der Waals surface area contributed by atoms with E-state index in [9.17, 15) is 13.2 Å². The van der Waals surface area contributed by atoms with E-state index in [1.165, 1.54) is 0 Å². The molecule has 0 heterocycles. The number of ether oxygens (including phenoxy) is 1. The van der Waals surface area contributed by atoms with Crippen LogP contribution in [0.15, 0.2) is 0 Å². The van der Waals surface area contributed by atoms with Gasteiger partial charge in [0.05, 0.1) is 0 Å². The van der Waals surface area contributed by atoms with Gasteiger partial charge in [0, 0.05) is 12.6 Å². The topological polar surface area (TPSA) is 21.3 Å². The Morgan fingerprint density at radius 2 is 1.67 bits per heavy atom. The molecule has 0 saturated heterocycles. The number of nitrogens with one attached hydrogen (secondary N) is 1. The molecule has 0 aliphatic rings. The molecule has 18 heavy (non-hydrogen) atoms. The Balaban J connectivity index is 4.03. The minimum atomic E-state index is -4.23. The Kier molecular flexibility index (Phi) is 7.22. The summed E-state index contributed by atoms with van der Waals surface area (Å²) >= 11 is 0. The third-order valence-electron chi connectivity index (χ3n) is 2.87. The molecule has 0 fully saturated rings. The van der Waals surface area contributed by atoms with E-state index in [-0.39, 0.29) is 12.0 Å². The van der Waals surface area contributed by atoms with Gasteiger partial charge in [-0.15, -0.1) is 0 Å². The van der Waals surface area contributed by atoms with Crippen molar-refractivity contribution in [3.63, 3.8) is 0 Å². The van der Waals surface area contributed by atoms with Crippen molar-refractivity contribution in [3.05, 3.63) is 0 Å². The van der Waals surface area contributed by atoms with Gasteiger partial charge in [-0.3, -0.25) is 0 Å². The molecule has 0 radical (unpaired) electrons. The van der Waals surface area contributed by atoms with Crippen LogP contribution in [0.2, 0.25) is 0 Å². The monoisotopic (exact) mass is 269 g/mol. The molecule has 0 aliphatic heterocycles. The average Bonchev–Trinajstić information content (AvgIpc) is 2.12. The number of hydrogen-bond donors (Lipinski definition) is 1. The van der Waals surface area contributed by atoms with E-state index in [1.54, 1.807) is 0 Å². The Labute approximate surface area is 108 Å². The summed E-state index contributed by atoms with van der Waals surface area (Å²) in [5.74, 6) is 0.299. The lowest BCUT2D eigenvalue weighted by Crippen LogP contribution is -2.36. The molecule has 5 heteroatoms. The summed E-state index contributed by atoms with van der Waals surface area (Å²) in [4.78, 5) is 0. The standard InChI is InChI=1S/C13H26F3NO/c1-10(2)17-8-11(12(3,4)5)6-7-18-9-13(14,15)16/h10-11,17H,6-9H2,1-5H3. The van der Waals surface area contributed by atoms with Crippen molar-refractivity contribution in [1.29, 1.82) is 0 Å². The number of halogens is 3. The Morgan fingerprint density at radius 1 is 1.11 bits per heavy atom. The second-order valence-corrected chi connectivity index (χ2v) is 6.08. The zero-order valence-electron chi connectivity index (χ0n) is 12.0. The summed E-state index contributed by atoms with van der Waals surface area (Å²) < 4.78 is 40.5. The largest absolute Gasteiger partial charge is 0.411 e. The van der Waals surface area contributed by atoms with Crippen molar-refractivity contribution in [2.45, 2.75) is 53.3 Å². The van der Waals surface area contributed by atoms with Crippen LogP contribution < -0.4 is 5.32 Å². The Hall–Kier alpha value is -0.290. The first kappa shape index (κ1) is 17.7. The van der Waals surface area contributed by atoms with Crippen LogP contribution in [0.4, 0.5) is 13.2 Å². The van der Waals surface area contributed by atoms with Gasteiger partial charge < -0.3 is 10.1 Å². The van der Waals surface area contributed by atoms with Crippen LogP contribution in [0.3, 0.4) is 0 Å². The highest BCUT2D eigenvalue weighted by Crippen LogP contribution is 2.28. The van der Waals surface area contributed by atoms with Gasteiger partial charge in [0.25, 0.3) is 0 Å². The van der Waals surface area contributed by atoms with Crippen LogP contribution in [0.25, 0.3) is 0 Å². The molecule has 0 aromatic rings. The fourth-order valence-electron chi connectivity index (χ4n) is 1.63. The lowest BCUT2D eigenvalue weighted by molar-refractivity contribution is -0.175. The highest BCUT2D eigenvalue weighted by Gasteiger charge is 2.28. The maximum absolute atomic E-state index is 11.9. The molecular weight excluding hydrogens is 243 g/mol. The van der Waals surface area contributed by atoms with E-state index in [4.69, 9.17) is 0 Å². The average molecular weight is 269 g/mol. The van der Waals surface area contributed by atoms with Gasteiger partial charge in [-0.05, 0) is 24.3 Å². The van der Waals surface area contributed by atoms with Crippen LogP contribution >= 0.6 is 0 Å². The van der Waals surface area contributed by atoms with E-state index in [0.717, 1.165) is 6.54 Å². The van der Waals surface area contributed by atoms with E-state index in [1.807, 2.05) is 0 Å². The summed E-state index contributed by atoms with van der Waals surface area (Å²) in [6.45, 7) is 10.2. The van der Waals surface area contributed by atoms with E-state index >= 15 is 0 Å². The number of hydrogen-bond acceptors (Lipinski definition) is 2. The van der Waals surface area contributed by atoms with Gasteiger partial charge >= 0.3 is 6.18 Å². The van der Waals surface area contributed by atoms with Gasteiger partial charge in [-0.25, -0.2) is 0 Å². The minimum Gasteiger partial charge on any atom is -0.372 e. The Morgan fingerprint density at radius 3 is 2.06 bits per heavy atom. The summed E-state index contributed by atoms with van der Waals surface area (Å²) in [6.07, 6.45) is -3.59. The maximum Gasteiger partial charge on any atom is 0.411 e. The van der Waals surface area contributed by atoms with E-state index in [2.05, 4.69) is 44.7 Å². The first-order valence-electron chi connectivity index (χ1n) is 6.40. The number of alkyl halides is 3. The summed E-state index contributed by atoms with van der Waals surface area (Å²) in [7, 11) is 0. The molecular formula is C13H26F3NO. The fourth-order valence-corrected chi connectivity index (χ4v) is 1.63. The molecule has 0 bridgehead atoms. The molecule has 1 N–H and O–H groups in total. The zero-order chi connectivity index (χ0) is 14.4. The van der Waals surface area contributed by atoms with Crippen molar-refractivity contribution in [2.75, 3.05) is 19.8 Å². The maximum atomic E-state index is 11.9. The fraction of sp³-hybridized carbons (Fsp3) is 1.00. The van der Waals surface area contributed by atoms with Gasteiger partial charge in [-0.1, -0.05) is 34.6 Å². The predicted octanol–water partition coefficient (Wildman–Crippen LogP) is 3.62. The molecule has 0 saturated carbocycles. The van der Waals surface area contributed by atoms with Crippen molar-refractivity contribution in [1.82, 2.24) is 5.32 Å². The second-order valence-electron chi connectivity index (χ2n) is 6.08. The van der Waals surface area contributed by atoms with Crippen LogP contribution in [-0.2, 0) is 4.74 Å². The van der Waals surface area contributed by atoms with E-state index in [0.29, 0.717) is 18.4 Å². The molecule has 0 amide bonds. The third kappa shape index (κ3) is 9.71. The zero-order valence-corrected chi connectivity index (χ0v) is 12.0. The lowest BCUT2D eigenvalue weighted by Gasteiger charge is -2.31. The summed E-state index contributed by atoms with van der Waals surface area (Å²) in [5, 5.41) is 3.33. The molecule has 2 nitrogen and oxygen atoms in total. The van der Waals surface area contributed by atoms with Crippen molar-refractivity contribution < 1.29 is 17.9 Å². The molecule has 0 aromatic carbocycles. The van der Waals surface area contributed by atoms with Crippen LogP contribution in [-0.4, -0.2) is 32.0 Å². The molecule has 0 spiro atoms. The summed E-state index contributed by atoms with van der Waals surface area (Å²) in [6, 6.07) is 0.381. The van der Waals surface area contributed by atoms with Crippen molar-refractivity contribution >= 4 is 0 Å². The van der Waals surface area contributed by atoms with Crippen molar-refractivity contribution in [3.8, 4) is 0 Å². The molecule has 110 valence electrons. The molecule has 1 atom stereocenters. The summed E-state index contributed by atoms with van der Waals surface area (Å²) in [5.41, 5.74) is 0.0590. The normalized spacial score (nSPS) is 15.2. The second kappa shape index (κ2) is 7.34. The lowest BCUT2D eigenvalue weighted by atomic mass is 9.79. The highest BCUT2D eigenvalue weighted by atomic mass is 19.4. The number of rotatable bonds is 7. The van der Waals surface area contributed by atoms with Gasteiger partial charge in [-0.2, -0.15) is 13.2 Å². The molecule has 0 rings (SSSR count). The molecule has 1 unspecified atom stereocenters.